The fourth-order valence-electron chi connectivity index (χ4n) is 2.18. The van der Waals surface area contributed by atoms with Crippen molar-refractivity contribution in [3.8, 4) is 11.5 Å². The molecular weight excluding hydrogens is 270 g/mol. The molecule has 0 aliphatic carbocycles. The third-order valence-electron chi connectivity index (χ3n) is 3.18. The van der Waals surface area contributed by atoms with Crippen LogP contribution in [0.4, 0.5) is 0 Å². The van der Waals surface area contributed by atoms with Crippen LogP contribution in [0.1, 0.15) is 10.8 Å². The first-order valence-corrected chi connectivity index (χ1v) is 7.56. The summed E-state index contributed by atoms with van der Waals surface area (Å²) in [5, 5.41) is 0.249. The van der Waals surface area contributed by atoms with Crippen LogP contribution in [0.25, 0.3) is 0 Å². The predicted molar refractivity (Wildman–Crippen MR) is 81.5 cm³/mol. The lowest BCUT2D eigenvalue weighted by Crippen LogP contribution is -2.15. The standard InChI is InChI=1S/C16H17NO2S/c17-11-16(12-4-2-1-3-5-12)20-13-6-7-14-15(10-13)19-9-8-18-14/h1-7,10,16H,8-9,11,17H2. The van der Waals surface area contributed by atoms with Gasteiger partial charge >= 0.3 is 0 Å². The predicted octanol–water partition coefficient (Wildman–Crippen LogP) is 3.25. The molecule has 1 atom stereocenters. The second-order valence-electron chi connectivity index (χ2n) is 4.56. The molecule has 2 N–H and O–H groups in total. The van der Waals surface area contributed by atoms with E-state index in [1.165, 1.54) is 5.56 Å². The van der Waals surface area contributed by atoms with Crippen LogP contribution in [-0.4, -0.2) is 19.8 Å². The molecule has 0 saturated carbocycles. The van der Waals surface area contributed by atoms with Crippen molar-refractivity contribution in [1.29, 1.82) is 0 Å². The lowest BCUT2D eigenvalue weighted by molar-refractivity contribution is 0.171. The summed E-state index contributed by atoms with van der Waals surface area (Å²) in [5.74, 6) is 1.65. The van der Waals surface area contributed by atoms with Gasteiger partial charge < -0.3 is 15.2 Å². The minimum atomic E-state index is 0.249. The SMILES string of the molecule is NCC(Sc1ccc2c(c1)OCCO2)c1ccccc1. The second-order valence-corrected chi connectivity index (χ2v) is 5.83. The topological polar surface area (TPSA) is 44.5 Å². The number of nitrogens with two attached hydrogens (primary N) is 1. The van der Waals surface area contributed by atoms with Gasteiger partial charge in [-0.1, -0.05) is 30.3 Å². The van der Waals surface area contributed by atoms with E-state index in [9.17, 15) is 0 Å². The molecule has 3 nitrogen and oxygen atoms in total. The minimum Gasteiger partial charge on any atom is -0.486 e. The molecule has 0 fully saturated rings. The quantitative estimate of drug-likeness (QED) is 0.877. The Labute approximate surface area is 123 Å². The minimum absolute atomic E-state index is 0.249. The van der Waals surface area contributed by atoms with Gasteiger partial charge in [-0.2, -0.15) is 0 Å². The van der Waals surface area contributed by atoms with Crippen LogP contribution in [0.5, 0.6) is 11.5 Å². The number of ether oxygens (including phenoxy) is 2. The number of hydrogen-bond acceptors (Lipinski definition) is 4. The fraction of sp³-hybridized carbons (Fsp3) is 0.250. The maximum atomic E-state index is 5.91. The van der Waals surface area contributed by atoms with E-state index in [1.54, 1.807) is 11.8 Å². The normalized spacial score (nSPS) is 14.8. The Hall–Kier alpha value is -1.65. The Kier molecular flexibility index (Phi) is 4.14. The van der Waals surface area contributed by atoms with Gasteiger partial charge in [-0.05, 0) is 23.8 Å². The highest BCUT2D eigenvalue weighted by Gasteiger charge is 2.15. The van der Waals surface area contributed by atoms with Crippen LogP contribution in [0.2, 0.25) is 0 Å². The molecular formula is C16H17NO2S. The first-order chi connectivity index (χ1) is 9.86. The highest BCUT2D eigenvalue weighted by molar-refractivity contribution is 7.99. The molecule has 1 aliphatic rings. The van der Waals surface area contributed by atoms with Gasteiger partial charge in [0.2, 0.25) is 0 Å². The molecule has 104 valence electrons. The molecule has 0 saturated heterocycles. The van der Waals surface area contributed by atoms with Gasteiger partial charge in [0.1, 0.15) is 13.2 Å². The molecule has 20 heavy (non-hydrogen) atoms. The molecule has 1 aliphatic heterocycles. The van der Waals surface area contributed by atoms with Crippen LogP contribution in [0.15, 0.2) is 53.4 Å². The largest absolute Gasteiger partial charge is 0.486 e. The van der Waals surface area contributed by atoms with E-state index in [0.29, 0.717) is 19.8 Å². The lowest BCUT2D eigenvalue weighted by Gasteiger charge is -2.20. The fourth-order valence-corrected chi connectivity index (χ4v) is 3.22. The maximum Gasteiger partial charge on any atom is 0.162 e. The maximum absolute atomic E-state index is 5.91. The van der Waals surface area contributed by atoms with Crippen molar-refractivity contribution >= 4 is 11.8 Å². The van der Waals surface area contributed by atoms with Gasteiger partial charge in [-0.15, -0.1) is 11.8 Å². The van der Waals surface area contributed by atoms with Crippen LogP contribution < -0.4 is 15.2 Å². The average Bonchev–Trinajstić information content (AvgIpc) is 2.53. The summed E-state index contributed by atoms with van der Waals surface area (Å²) in [5.41, 5.74) is 7.16. The number of thioether (sulfide) groups is 1. The number of fused-ring (bicyclic) bond motifs is 1. The monoisotopic (exact) mass is 287 g/mol. The van der Waals surface area contributed by atoms with Crippen LogP contribution in [0, 0.1) is 0 Å². The van der Waals surface area contributed by atoms with Crippen molar-refractivity contribution in [2.24, 2.45) is 5.73 Å². The molecule has 0 bridgehead atoms. The average molecular weight is 287 g/mol. The molecule has 1 unspecified atom stereocenters. The number of benzene rings is 2. The van der Waals surface area contributed by atoms with Crippen molar-refractivity contribution in [2.75, 3.05) is 19.8 Å². The smallest absolute Gasteiger partial charge is 0.162 e. The molecule has 4 heteroatoms. The van der Waals surface area contributed by atoms with E-state index in [1.807, 2.05) is 30.3 Å². The van der Waals surface area contributed by atoms with E-state index in [-0.39, 0.29) is 5.25 Å². The van der Waals surface area contributed by atoms with E-state index in [0.717, 1.165) is 16.4 Å². The van der Waals surface area contributed by atoms with E-state index in [4.69, 9.17) is 15.2 Å². The molecule has 2 aromatic rings. The zero-order chi connectivity index (χ0) is 13.8. The molecule has 0 radical (unpaired) electrons. The van der Waals surface area contributed by atoms with Crippen molar-refractivity contribution in [2.45, 2.75) is 10.1 Å². The third-order valence-corrected chi connectivity index (χ3v) is 4.45. The molecule has 0 amide bonds. The van der Waals surface area contributed by atoms with Gasteiger partial charge in [0, 0.05) is 16.7 Å². The summed E-state index contributed by atoms with van der Waals surface area (Å²) in [4.78, 5) is 1.15. The second kappa shape index (κ2) is 6.20. The van der Waals surface area contributed by atoms with Crippen molar-refractivity contribution in [3.63, 3.8) is 0 Å². The first kappa shape index (κ1) is 13.3. The molecule has 1 heterocycles. The summed E-state index contributed by atoms with van der Waals surface area (Å²) in [6, 6.07) is 16.4. The summed E-state index contributed by atoms with van der Waals surface area (Å²) >= 11 is 1.75. The van der Waals surface area contributed by atoms with Crippen LogP contribution in [-0.2, 0) is 0 Å². The Bertz CT molecular complexity index is 574. The van der Waals surface area contributed by atoms with Gasteiger partial charge in [0.05, 0.1) is 0 Å². The molecule has 3 rings (SSSR count). The Morgan fingerprint density at radius 3 is 2.50 bits per heavy atom. The Balaban J connectivity index is 1.79. The van der Waals surface area contributed by atoms with Gasteiger partial charge in [-0.25, -0.2) is 0 Å². The van der Waals surface area contributed by atoms with Crippen molar-refractivity contribution in [1.82, 2.24) is 0 Å². The zero-order valence-electron chi connectivity index (χ0n) is 11.1. The zero-order valence-corrected chi connectivity index (χ0v) is 11.9. The summed E-state index contributed by atoms with van der Waals surface area (Å²) in [6.45, 7) is 1.83. The highest BCUT2D eigenvalue weighted by atomic mass is 32.2. The third kappa shape index (κ3) is 2.92. The Morgan fingerprint density at radius 1 is 1.00 bits per heavy atom. The van der Waals surface area contributed by atoms with Crippen molar-refractivity contribution in [3.05, 3.63) is 54.1 Å². The first-order valence-electron chi connectivity index (χ1n) is 6.68. The molecule has 0 aromatic heterocycles. The highest BCUT2D eigenvalue weighted by Crippen LogP contribution is 2.39. The summed E-state index contributed by atoms with van der Waals surface area (Å²) < 4.78 is 11.2. The summed E-state index contributed by atoms with van der Waals surface area (Å²) in [6.07, 6.45) is 0. The van der Waals surface area contributed by atoms with E-state index >= 15 is 0 Å². The van der Waals surface area contributed by atoms with Gasteiger partial charge in [0.15, 0.2) is 11.5 Å². The Morgan fingerprint density at radius 2 is 1.75 bits per heavy atom. The van der Waals surface area contributed by atoms with Crippen molar-refractivity contribution < 1.29 is 9.47 Å². The van der Waals surface area contributed by atoms with Crippen LogP contribution >= 0.6 is 11.8 Å². The van der Waals surface area contributed by atoms with E-state index < -0.39 is 0 Å². The van der Waals surface area contributed by atoms with Gasteiger partial charge in [0.25, 0.3) is 0 Å². The van der Waals surface area contributed by atoms with Gasteiger partial charge in [-0.3, -0.25) is 0 Å². The molecule has 2 aromatic carbocycles. The lowest BCUT2D eigenvalue weighted by atomic mass is 10.1. The van der Waals surface area contributed by atoms with Crippen LogP contribution in [0.3, 0.4) is 0 Å². The molecule has 0 spiro atoms. The van der Waals surface area contributed by atoms with E-state index in [2.05, 4.69) is 18.2 Å². The number of hydrogen-bond donors (Lipinski definition) is 1. The summed E-state index contributed by atoms with van der Waals surface area (Å²) in [7, 11) is 0. The number of rotatable bonds is 4.